The van der Waals surface area contributed by atoms with Crippen LogP contribution >= 0.6 is 0 Å². The van der Waals surface area contributed by atoms with Crippen LogP contribution in [0.3, 0.4) is 0 Å². The number of aliphatic hydroxyl groups excluding tert-OH is 1. The number of hydrogen-bond donors (Lipinski definition) is 2. The topological polar surface area (TPSA) is 82.8 Å². The Morgan fingerprint density at radius 1 is 1.38 bits per heavy atom. The summed E-state index contributed by atoms with van der Waals surface area (Å²) in [7, 11) is 0. The van der Waals surface area contributed by atoms with Gasteiger partial charge < -0.3 is 19.7 Å². The summed E-state index contributed by atoms with van der Waals surface area (Å²) in [5.41, 5.74) is 0. The highest BCUT2D eigenvalue weighted by molar-refractivity contribution is 5.91. The van der Waals surface area contributed by atoms with Crippen molar-refractivity contribution in [3.63, 3.8) is 0 Å². The van der Waals surface area contributed by atoms with Crippen molar-refractivity contribution in [2.75, 3.05) is 19.7 Å². The first kappa shape index (κ1) is 17.2. The highest BCUT2D eigenvalue weighted by atomic mass is 16.3. The van der Waals surface area contributed by atoms with Crippen molar-refractivity contribution in [3.8, 4) is 0 Å². The predicted molar refractivity (Wildman–Crippen MR) is 78.8 cm³/mol. The van der Waals surface area contributed by atoms with E-state index >= 15 is 0 Å². The van der Waals surface area contributed by atoms with Crippen molar-refractivity contribution in [2.45, 2.75) is 39.2 Å². The van der Waals surface area contributed by atoms with Crippen LogP contribution in [0, 0.1) is 0 Å². The van der Waals surface area contributed by atoms with Crippen molar-refractivity contribution >= 4 is 11.8 Å². The third kappa shape index (κ3) is 5.99. The number of hydrogen-bond acceptors (Lipinski definition) is 4. The van der Waals surface area contributed by atoms with Crippen LogP contribution in [-0.4, -0.2) is 47.6 Å². The van der Waals surface area contributed by atoms with Crippen molar-refractivity contribution in [3.05, 3.63) is 24.2 Å². The van der Waals surface area contributed by atoms with Crippen molar-refractivity contribution in [1.29, 1.82) is 0 Å². The van der Waals surface area contributed by atoms with Crippen molar-refractivity contribution in [2.24, 2.45) is 0 Å². The monoisotopic (exact) mass is 296 g/mol. The molecule has 0 unspecified atom stereocenters. The zero-order valence-corrected chi connectivity index (χ0v) is 12.7. The van der Waals surface area contributed by atoms with Gasteiger partial charge >= 0.3 is 0 Å². The number of amides is 2. The van der Waals surface area contributed by atoms with E-state index in [9.17, 15) is 9.59 Å². The number of rotatable bonds is 9. The van der Waals surface area contributed by atoms with E-state index in [1.54, 1.807) is 17.0 Å². The fourth-order valence-electron chi connectivity index (χ4n) is 1.99. The lowest BCUT2D eigenvalue weighted by atomic mass is 10.2. The molecule has 1 rings (SSSR count). The van der Waals surface area contributed by atoms with Crippen molar-refractivity contribution < 1.29 is 19.1 Å². The molecular weight excluding hydrogens is 272 g/mol. The molecule has 21 heavy (non-hydrogen) atoms. The summed E-state index contributed by atoms with van der Waals surface area (Å²) in [4.78, 5) is 25.4. The molecule has 1 aromatic heterocycles. The molecule has 0 aliphatic heterocycles. The Morgan fingerprint density at radius 2 is 2.14 bits per heavy atom. The Morgan fingerprint density at radius 3 is 2.71 bits per heavy atom. The Hall–Kier alpha value is -1.82. The summed E-state index contributed by atoms with van der Waals surface area (Å²) >= 11 is 0. The van der Waals surface area contributed by atoms with Crippen LogP contribution in [-0.2, 0) is 4.79 Å². The smallest absolute Gasteiger partial charge is 0.286 e. The van der Waals surface area contributed by atoms with Gasteiger partial charge in [0.25, 0.3) is 5.91 Å². The Labute approximate surface area is 125 Å². The zero-order valence-electron chi connectivity index (χ0n) is 12.7. The number of carbonyl (C=O) groups is 2. The number of nitrogens with one attached hydrogen (secondary N) is 1. The molecule has 2 amide bonds. The molecule has 0 aliphatic carbocycles. The summed E-state index contributed by atoms with van der Waals surface area (Å²) in [6.45, 7) is 4.97. The van der Waals surface area contributed by atoms with Gasteiger partial charge in [-0.25, -0.2) is 0 Å². The van der Waals surface area contributed by atoms with E-state index in [-0.39, 0.29) is 30.2 Å². The number of aliphatic hydroxyl groups is 1. The Bertz CT molecular complexity index is 429. The minimum Gasteiger partial charge on any atom is -0.459 e. The van der Waals surface area contributed by atoms with Gasteiger partial charge in [0.05, 0.1) is 6.26 Å². The molecule has 0 aromatic carbocycles. The van der Waals surface area contributed by atoms with Gasteiger partial charge in [0.2, 0.25) is 5.91 Å². The summed E-state index contributed by atoms with van der Waals surface area (Å²) in [5.74, 6) is 0.0484. The van der Waals surface area contributed by atoms with Crippen LogP contribution in [0.15, 0.2) is 22.8 Å². The minimum atomic E-state index is -0.270. The zero-order chi connectivity index (χ0) is 15.7. The SMILES string of the molecule is CC(C)N(CCCO)C(=O)CCCNC(=O)c1ccco1. The maximum absolute atomic E-state index is 12.1. The van der Waals surface area contributed by atoms with Crippen LogP contribution in [0.2, 0.25) is 0 Å². The summed E-state index contributed by atoms with van der Waals surface area (Å²) in [6, 6.07) is 3.36. The second kappa shape index (κ2) is 9.18. The number of furan rings is 1. The average Bonchev–Trinajstić information content (AvgIpc) is 2.97. The standard InChI is InChI=1S/C15H24N2O4/c1-12(2)17(9-5-10-18)14(19)7-3-8-16-15(20)13-6-4-11-21-13/h4,6,11-12,18H,3,5,7-10H2,1-2H3,(H,16,20). The molecule has 1 heterocycles. The normalized spacial score (nSPS) is 10.7. The molecule has 0 fully saturated rings. The molecule has 0 bridgehead atoms. The Kier molecular flexibility index (Phi) is 7.53. The fraction of sp³-hybridized carbons (Fsp3) is 0.600. The highest BCUT2D eigenvalue weighted by Gasteiger charge is 2.16. The first-order valence-electron chi connectivity index (χ1n) is 7.28. The third-order valence-corrected chi connectivity index (χ3v) is 3.10. The summed E-state index contributed by atoms with van der Waals surface area (Å²) < 4.78 is 4.98. The third-order valence-electron chi connectivity index (χ3n) is 3.10. The van der Waals surface area contributed by atoms with Crippen LogP contribution in [0.5, 0.6) is 0 Å². The molecule has 0 saturated carbocycles. The van der Waals surface area contributed by atoms with Crippen LogP contribution in [0.1, 0.15) is 43.7 Å². The molecule has 2 N–H and O–H groups in total. The van der Waals surface area contributed by atoms with E-state index in [1.165, 1.54) is 6.26 Å². The number of carbonyl (C=O) groups excluding carboxylic acids is 2. The predicted octanol–water partition coefficient (Wildman–Crippen LogP) is 1.41. The quantitative estimate of drug-likeness (QED) is 0.675. The minimum absolute atomic E-state index is 0.0469. The van der Waals surface area contributed by atoms with Gasteiger partial charge in [-0.2, -0.15) is 0 Å². The summed E-state index contributed by atoms with van der Waals surface area (Å²) in [5, 5.41) is 11.6. The van der Waals surface area contributed by atoms with Crippen LogP contribution < -0.4 is 5.32 Å². The Balaban J connectivity index is 2.27. The van der Waals surface area contributed by atoms with E-state index < -0.39 is 0 Å². The second-order valence-electron chi connectivity index (χ2n) is 5.09. The van der Waals surface area contributed by atoms with Gasteiger partial charge in [0, 0.05) is 32.2 Å². The van der Waals surface area contributed by atoms with Gasteiger partial charge in [-0.15, -0.1) is 0 Å². The highest BCUT2D eigenvalue weighted by Crippen LogP contribution is 2.05. The maximum Gasteiger partial charge on any atom is 0.286 e. The van der Waals surface area contributed by atoms with E-state index in [0.717, 1.165) is 0 Å². The van der Waals surface area contributed by atoms with Gasteiger partial charge in [-0.3, -0.25) is 9.59 Å². The van der Waals surface area contributed by atoms with Gasteiger partial charge in [-0.05, 0) is 38.8 Å². The maximum atomic E-state index is 12.1. The molecule has 0 atom stereocenters. The molecular formula is C15H24N2O4. The fourth-order valence-corrected chi connectivity index (χ4v) is 1.99. The lowest BCUT2D eigenvalue weighted by Crippen LogP contribution is -2.38. The van der Waals surface area contributed by atoms with E-state index in [0.29, 0.717) is 32.4 Å². The molecule has 0 aliphatic rings. The molecule has 6 heteroatoms. The molecule has 6 nitrogen and oxygen atoms in total. The largest absolute Gasteiger partial charge is 0.459 e. The molecule has 1 aromatic rings. The molecule has 118 valence electrons. The van der Waals surface area contributed by atoms with Crippen LogP contribution in [0.4, 0.5) is 0 Å². The van der Waals surface area contributed by atoms with Crippen LogP contribution in [0.25, 0.3) is 0 Å². The lowest BCUT2D eigenvalue weighted by molar-refractivity contribution is -0.133. The molecule has 0 radical (unpaired) electrons. The summed E-state index contributed by atoms with van der Waals surface area (Å²) in [6.07, 6.45) is 2.98. The van der Waals surface area contributed by atoms with Crippen molar-refractivity contribution in [1.82, 2.24) is 10.2 Å². The van der Waals surface area contributed by atoms with E-state index in [4.69, 9.17) is 9.52 Å². The molecule has 0 spiro atoms. The lowest BCUT2D eigenvalue weighted by Gasteiger charge is -2.26. The first-order chi connectivity index (χ1) is 10.1. The van der Waals surface area contributed by atoms with E-state index in [2.05, 4.69) is 5.32 Å². The number of nitrogens with zero attached hydrogens (tertiary/aromatic N) is 1. The van der Waals surface area contributed by atoms with Gasteiger partial charge in [-0.1, -0.05) is 0 Å². The average molecular weight is 296 g/mol. The molecule has 0 saturated heterocycles. The van der Waals surface area contributed by atoms with Gasteiger partial charge in [0.1, 0.15) is 0 Å². The second-order valence-corrected chi connectivity index (χ2v) is 5.09. The first-order valence-corrected chi connectivity index (χ1v) is 7.28. The van der Waals surface area contributed by atoms with E-state index in [1.807, 2.05) is 13.8 Å². The van der Waals surface area contributed by atoms with Gasteiger partial charge in [0.15, 0.2) is 5.76 Å².